The normalized spacial score (nSPS) is 9.06. The van der Waals surface area contributed by atoms with Gasteiger partial charge in [0.1, 0.15) is 12.4 Å². The van der Waals surface area contributed by atoms with Crippen LogP contribution < -0.4 is 4.74 Å². The van der Waals surface area contributed by atoms with Gasteiger partial charge >= 0.3 is 0 Å². The molecule has 1 aromatic carbocycles. The van der Waals surface area contributed by atoms with Crippen LogP contribution >= 0.6 is 0 Å². The number of hydrogen-bond acceptors (Lipinski definition) is 4. The van der Waals surface area contributed by atoms with Gasteiger partial charge in [0.05, 0.1) is 10.5 Å². The second-order valence-electron chi connectivity index (χ2n) is 3.21. The Morgan fingerprint density at radius 2 is 2.24 bits per heavy atom. The number of nitro benzene ring substituents is 1. The molecule has 0 aliphatic heterocycles. The minimum atomic E-state index is -0.554. The SMILES string of the molecule is CC#CCOc1ccc([N+](=O)[O-])cc1C(C)=O. The monoisotopic (exact) mass is 233 g/mol. The topological polar surface area (TPSA) is 69.4 Å². The second-order valence-corrected chi connectivity index (χ2v) is 3.21. The third kappa shape index (κ3) is 3.31. The summed E-state index contributed by atoms with van der Waals surface area (Å²) in [6.45, 7) is 3.15. The summed E-state index contributed by atoms with van der Waals surface area (Å²) in [6, 6.07) is 3.91. The Labute approximate surface area is 98.5 Å². The number of ketones is 1. The van der Waals surface area contributed by atoms with E-state index in [2.05, 4.69) is 11.8 Å². The highest BCUT2D eigenvalue weighted by Crippen LogP contribution is 2.24. The molecule has 0 atom stereocenters. The number of ether oxygens (including phenoxy) is 1. The van der Waals surface area contributed by atoms with Crippen molar-refractivity contribution in [2.45, 2.75) is 13.8 Å². The third-order valence-corrected chi connectivity index (χ3v) is 2.03. The smallest absolute Gasteiger partial charge is 0.270 e. The van der Waals surface area contributed by atoms with Crippen molar-refractivity contribution in [1.82, 2.24) is 0 Å². The molecular formula is C12H11NO4. The van der Waals surface area contributed by atoms with Crippen LogP contribution in [0.5, 0.6) is 5.75 Å². The molecule has 0 aliphatic rings. The predicted octanol–water partition coefficient (Wildman–Crippen LogP) is 2.20. The van der Waals surface area contributed by atoms with E-state index >= 15 is 0 Å². The molecule has 0 spiro atoms. The summed E-state index contributed by atoms with van der Waals surface area (Å²) < 4.78 is 5.26. The van der Waals surface area contributed by atoms with E-state index in [4.69, 9.17) is 4.74 Å². The number of nitrogens with zero attached hydrogens (tertiary/aromatic N) is 1. The zero-order valence-electron chi connectivity index (χ0n) is 9.52. The molecule has 1 rings (SSSR count). The number of carbonyl (C=O) groups is 1. The van der Waals surface area contributed by atoms with Gasteiger partial charge in [-0.2, -0.15) is 0 Å². The molecule has 0 fully saturated rings. The summed E-state index contributed by atoms with van der Waals surface area (Å²) >= 11 is 0. The highest BCUT2D eigenvalue weighted by atomic mass is 16.6. The van der Waals surface area contributed by atoms with Crippen molar-refractivity contribution in [1.29, 1.82) is 0 Å². The van der Waals surface area contributed by atoms with Crippen LogP contribution in [-0.4, -0.2) is 17.3 Å². The van der Waals surface area contributed by atoms with Gasteiger partial charge in [-0.05, 0) is 19.9 Å². The summed E-state index contributed by atoms with van der Waals surface area (Å²) in [4.78, 5) is 21.4. The van der Waals surface area contributed by atoms with Crippen molar-refractivity contribution in [3.8, 4) is 17.6 Å². The molecule has 0 aromatic heterocycles. The lowest BCUT2D eigenvalue weighted by molar-refractivity contribution is -0.384. The molecule has 0 radical (unpaired) electrons. The lowest BCUT2D eigenvalue weighted by Crippen LogP contribution is -2.02. The van der Waals surface area contributed by atoms with E-state index in [1.165, 1.54) is 25.1 Å². The van der Waals surface area contributed by atoms with Gasteiger partial charge in [0.2, 0.25) is 0 Å². The molecule has 1 aromatic rings. The first-order valence-corrected chi connectivity index (χ1v) is 4.88. The van der Waals surface area contributed by atoms with E-state index in [0.717, 1.165) is 0 Å². The van der Waals surface area contributed by atoms with Crippen LogP contribution in [0.2, 0.25) is 0 Å². The average Bonchev–Trinajstić information content (AvgIpc) is 2.29. The number of Topliss-reactive ketones (excluding diaryl/α,β-unsaturated/α-hetero) is 1. The van der Waals surface area contributed by atoms with Crippen LogP contribution in [0.4, 0.5) is 5.69 Å². The van der Waals surface area contributed by atoms with Gasteiger partial charge in [0.15, 0.2) is 5.78 Å². The van der Waals surface area contributed by atoms with E-state index in [0.29, 0.717) is 5.75 Å². The lowest BCUT2D eigenvalue weighted by Gasteiger charge is -2.06. The first-order chi connectivity index (χ1) is 8.06. The van der Waals surface area contributed by atoms with Gasteiger partial charge in [-0.1, -0.05) is 5.92 Å². The molecule has 0 unspecified atom stereocenters. The van der Waals surface area contributed by atoms with Gasteiger partial charge in [-0.15, -0.1) is 5.92 Å². The Balaban J connectivity index is 3.07. The Morgan fingerprint density at radius 1 is 1.53 bits per heavy atom. The molecule has 0 amide bonds. The molecule has 0 saturated heterocycles. The van der Waals surface area contributed by atoms with Crippen LogP contribution in [-0.2, 0) is 0 Å². The van der Waals surface area contributed by atoms with E-state index in [-0.39, 0.29) is 23.6 Å². The quantitative estimate of drug-likeness (QED) is 0.346. The Kier molecular flexibility index (Phi) is 4.23. The molecule has 5 heteroatoms. The summed E-state index contributed by atoms with van der Waals surface area (Å²) in [5.41, 5.74) is 0.0567. The van der Waals surface area contributed by atoms with Crippen LogP contribution in [0.3, 0.4) is 0 Å². The zero-order valence-corrected chi connectivity index (χ0v) is 9.52. The standard InChI is InChI=1S/C12H11NO4/c1-3-4-7-17-12-6-5-10(13(15)16)8-11(12)9(2)14/h5-6,8H,7H2,1-2H3. The minimum Gasteiger partial charge on any atom is -0.480 e. The van der Waals surface area contributed by atoms with Crippen molar-refractivity contribution >= 4 is 11.5 Å². The number of hydrogen-bond donors (Lipinski definition) is 0. The van der Waals surface area contributed by atoms with E-state index in [1.807, 2.05) is 0 Å². The van der Waals surface area contributed by atoms with Gasteiger partial charge in [0, 0.05) is 12.1 Å². The highest BCUT2D eigenvalue weighted by Gasteiger charge is 2.14. The average molecular weight is 233 g/mol. The first kappa shape index (κ1) is 12.7. The molecule has 0 N–H and O–H groups in total. The fourth-order valence-corrected chi connectivity index (χ4v) is 1.22. The fraction of sp³-hybridized carbons (Fsp3) is 0.250. The molecule has 0 bridgehead atoms. The van der Waals surface area contributed by atoms with Gasteiger partial charge in [-0.3, -0.25) is 14.9 Å². The number of rotatable bonds is 4. The maximum Gasteiger partial charge on any atom is 0.270 e. The number of nitro groups is 1. The maximum absolute atomic E-state index is 11.3. The molecule has 0 saturated carbocycles. The van der Waals surface area contributed by atoms with E-state index < -0.39 is 4.92 Å². The lowest BCUT2D eigenvalue weighted by atomic mass is 10.1. The largest absolute Gasteiger partial charge is 0.480 e. The van der Waals surface area contributed by atoms with Crippen LogP contribution in [0.15, 0.2) is 18.2 Å². The molecule has 0 aliphatic carbocycles. The van der Waals surface area contributed by atoms with Crippen molar-refractivity contribution in [3.05, 3.63) is 33.9 Å². The summed E-state index contributed by atoms with van der Waals surface area (Å²) in [5.74, 6) is 5.36. The van der Waals surface area contributed by atoms with Crippen LogP contribution in [0, 0.1) is 22.0 Å². The molecular weight excluding hydrogens is 222 g/mol. The molecule has 0 heterocycles. The van der Waals surface area contributed by atoms with Crippen molar-refractivity contribution in [2.24, 2.45) is 0 Å². The van der Waals surface area contributed by atoms with Crippen molar-refractivity contribution in [3.63, 3.8) is 0 Å². The Bertz CT molecular complexity index is 511. The van der Waals surface area contributed by atoms with Crippen LogP contribution in [0.1, 0.15) is 24.2 Å². The molecule has 17 heavy (non-hydrogen) atoms. The Hall–Kier alpha value is -2.35. The predicted molar refractivity (Wildman–Crippen MR) is 62.0 cm³/mol. The van der Waals surface area contributed by atoms with E-state index in [9.17, 15) is 14.9 Å². The zero-order chi connectivity index (χ0) is 12.8. The number of non-ortho nitro benzene ring substituents is 1. The number of carbonyl (C=O) groups excluding carboxylic acids is 1. The second kappa shape index (κ2) is 5.66. The summed E-state index contributed by atoms with van der Waals surface area (Å²) in [6.07, 6.45) is 0. The van der Waals surface area contributed by atoms with Crippen molar-refractivity contribution in [2.75, 3.05) is 6.61 Å². The van der Waals surface area contributed by atoms with Crippen molar-refractivity contribution < 1.29 is 14.5 Å². The van der Waals surface area contributed by atoms with Gasteiger partial charge in [-0.25, -0.2) is 0 Å². The minimum absolute atomic E-state index is 0.135. The Morgan fingerprint density at radius 3 is 2.76 bits per heavy atom. The highest BCUT2D eigenvalue weighted by molar-refractivity contribution is 5.97. The maximum atomic E-state index is 11.3. The van der Waals surface area contributed by atoms with Gasteiger partial charge < -0.3 is 4.74 Å². The fourth-order valence-electron chi connectivity index (χ4n) is 1.22. The van der Waals surface area contributed by atoms with Crippen LogP contribution in [0.25, 0.3) is 0 Å². The van der Waals surface area contributed by atoms with Gasteiger partial charge in [0.25, 0.3) is 5.69 Å². The molecule has 88 valence electrons. The molecule has 5 nitrogen and oxygen atoms in total. The van der Waals surface area contributed by atoms with E-state index in [1.54, 1.807) is 6.92 Å². The summed E-state index contributed by atoms with van der Waals surface area (Å²) in [5, 5.41) is 10.6. The third-order valence-electron chi connectivity index (χ3n) is 2.03. The summed E-state index contributed by atoms with van der Waals surface area (Å²) in [7, 11) is 0. The number of benzene rings is 1. The first-order valence-electron chi connectivity index (χ1n) is 4.88.